The molecule has 1 aliphatic carbocycles. The molecule has 2 aliphatic rings. The van der Waals surface area contributed by atoms with E-state index in [1.54, 1.807) is 0 Å². The van der Waals surface area contributed by atoms with E-state index in [1.165, 1.54) is 18.6 Å². The summed E-state index contributed by atoms with van der Waals surface area (Å²) >= 11 is 0. The summed E-state index contributed by atoms with van der Waals surface area (Å²) in [5.41, 5.74) is 5.43. The van der Waals surface area contributed by atoms with Gasteiger partial charge in [0, 0.05) is 23.2 Å². The molecule has 2 aromatic rings. The van der Waals surface area contributed by atoms with E-state index in [2.05, 4.69) is 28.5 Å². The fraction of sp³-hybridized carbons (Fsp3) is 0.227. The van der Waals surface area contributed by atoms with Crippen LogP contribution < -0.4 is 5.32 Å². The van der Waals surface area contributed by atoms with Gasteiger partial charge in [0.25, 0.3) is 0 Å². The van der Waals surface area contributed by atoms with Crippen LogP contribution in [-0.2, 0) is 0 Å². The van der Waals surface area contributed by atoms with Crippen molar-refractivity contribution in [1.82, 2.24) is 14.7 Å². The Morgan fingerprint density at radius 1 is 1.30 bits per heavy atom. The Kier molecular flexibility index (Phi) is 4.59. The van der Waals surface area contributed by atoms with E-state index in [4.69, 9.17) is 4.99 Å². The number of fused-ring (bicyclic) bond motifs is 1. The Bertz CT molecular complexity index is 1030. The molecule has 5 heteroatoms. The average molecular weight is 357 g/mol. The van der Waals surface area contributed by atoms with Gasteiger partial charge >= 0.3 is 0 Å². The molecule has 0 aromatic carbocycles. The molecule has 0 radical (unpaired) electrons. The lowest BCUT2D eigenvalue weighted by atomic mass is 10.2. The smallest absolute Gasteiger partial charge is 0.154 e. The summed E-state index contributed by atoms with van der Waals surface area (Å²) in [5, 5.41) is 3.27. The Morgan fingerprint density at radius 2 is 2.15 bits per heavy atom. The maximum absolute atomic E-state index is 4.73. The van der Waals surface area contributed by atoms with Gasteiger partial charge in [-0.3, -0.25) is 9.39 Å². The van der Waals surface area contributed by atoms with Gasteiger partial charge in [0.2, 0.25) is 0 Å². The Labute approximate surface area is 159 Å². The Morgan fingerprint density at radius 3 is 2.93 bits per heavy atom. The second-order valence-electron chi connectivity index (χ2n) is 6.82. The molecular weight excluding hydrogens is 334 g/mol. The average Bonchev–Trinajstić information content (AvgIpc) is 3.23. The van der Waals surface area contributed by atoms with Crippen LogP contribution >= 0.6 is 0 Å². The van der Waals surface area contributed by atoms with Gasteiger partial charge in [0.05, 0.1) is 24.1 Å². The van der Waals surface area contributed by atoms with Crippen molar-refractivity contribution >= 4 is 22.9 Å². The van der Waals surface area contributed by atoms with Gasteiger partial charge < -0.3 is 5.32 Å². The van der Waals surface area contributed by atoms with Gasteiger partial charge in [-0.05, 0) is 43.9 Å². The number of allylic oxidation sites excluding steroid dienone is 2. The fourth-order valence-electron chi connectivity index (χ4n) is 3.16. The SMILES string of the molecule is C=C(/C=C(\C=C/C)C1=NCC(C2CC2)=N1)NC(=C)c1cnc2ccccn12. The number of pyridine rings is 1. The largest absolute Gasteiger partial charge is 0.355 e. The lowest BCUT2D eigenvalue weighted by Crippen LogP contribution is -2.11. The number of nitrogens with one attached hydrogen (secondary N) is 1. The van der Waals surface area contributed by atoms with Crippen molar-refractivity contribution in [1.29, 1.82) is 0 Å². The van der Waals surface area contributed by atoms with Crippen LogP contribution in [0.15, 0.2) is 83.2 Å². The highest BCUT2D eigenvalue weighted by Gasteiger charge is 2.29. The molecule has 1 aliphatic heterocycles. The van der Waals surface area contributed by atoms with Crippen LogP contribution in [0.1, 0.15) is 25.5 Å². The van der Waals surface area contributed by atoms with Crippen LogP contribution in [0.25, 0.3) is 11.3 Å². The van der Waals surface area contributed by atoms with Crippen molar-refractivity contribution in [2.24, 2.45) is 15.9 Å². The summed E-state index contributed by atoms with van der Waals surface area (Å²) < 4.78 is 1.99. The number of aliphatic imine (C=N–C) groups is 2. The fourth-order valence-corrected chi connectivity index (χ4v) is 3.16. The van der Waals surface area contributed by atoms with Crippen LogP contribution in [0.2, 0.25) is 0 Å². The van der Waals surface area contributed by atoms with Gasteiger partial charge in [-0.2, -0.15) is 0 Å². The van der Waals surface area contributed by atoms with Crippen molar-refractivity contribution < 1.29 is 0 Å². The van der Waals surface area contributed by atoms with E-state index in [9.17, 15) is 0 Å². The van der Waals surface area contributed by atoms with Gasteiger partial charge in [-0.25, -0.2) is 9.98 Å². The second kappa shape index (κ2) is 7.19. The zero-order valence-electron chi connectivity index (χ0n) is 15.5. The first-order valence-corrected chi connectivity index (χ1v) is 9.19. The molecule has 0 bridgehead atoms. The van der Waals surface area contributed by atoms with Gasteiger partial charge in [-0.1, -0.05) is 31.4 Å². The predicted octanol–water partition coefficient (Wildman–Crippen LogP) is 4.17. The summed E-state index contributed by atoms with van der Waals surface area (Å²) in [5.74, 6) is 1.44. The van der Waals surface area contributed by atoms with Crippen LogP contribution in [0.3, 0.4) is 0 Å². The lowest BCUT2D eigenvalue weighted by Gasteiger charge is -2.10. The summed E-state index contributed by atoms with van der Waals surface area (Å²) in [6, 6.07) is 5.90. The molecule has 2 aromatic heterocycles. The summed E-state index contributed by atoms with van der Waals surface area (Å²) in [6.45, 7) is 11.0. The number of hydrogen-bond donors (Lipinski definition) is 1. The monoisotopic (exact) mass is 357 g/mol. The first kappa shape index (κ1) is 17.2. The van der Waals surface area contributed by atoms with Crippen molar-refractivity contribution in [2.75, 3.05) is 6.54 Å². The molecular formula is C22H23N5. The van der Waals surface area contributed by atoms with Crippen molar-refractivity contribution in [3.63, 3.8) is 0 Å². The van der Waals surface area contributed by atoms with Crippen LogP contribution in [0.4, 0.5) is 0 Å². The maximum atomic E-state index is 4.73. The number of rotatable bonds is 7. The highest BCUT2D eigenvalue weighted by atomic mass is 15.0. The molecule has 0 unspecified atom stereocenters. The minimum atomic E-state index is 0.648. The number of amidine groups is 1. The van der Waals surface area contributed by atoms with Gasteiger partial charge in [0.15, 0.2) is 5.84 Å². The molecule has 27 heavy (non-hydrogen) atoms. The normalized spacial score (nSPS) is 17.3. The summed E-state index contributed by atoms with van der Waals surface area (Å²) in [7, 11) is 0. The molecule has 1 fully saturated rings. The molecule has 0 atom stereocenters. The number of aromatic nitrogens is 2. The zero-order chi connectivity index (χ0) is 18.8. The zero-order valence-corrected chi connectivity index (χ0v) is 15.5. The van der Waals surface area contributed by atoms with Crippen molar-refractivity contribution in [3.05, 3.63) is 78.9 Å². The van der Waals surface area contributed by atoms with Crippen molar-refractivity contribution in [2.45, 2.75) is 19.8 Å². The third-order valence-electron chi connectivity index (χ3n) is 4.66. The highest BCUT2D eigenvalue weighted by Crippen LogP contribution is 2.32. The quantitative estimate of drug-likeness (QED) is 0.756. The Balaban J connectivity index is 1.51. The van der Waals surface area contributed by atoms with Gasteiger partial charge in [-0.15, -0.1) is 0 Å². The van der Waals surface area contributed by atoms with E-state index in [0.717, 1.165) is 40.7 Å². The first-order chi connectivity index (χ1) is 13.2. The standard InChI is InChI=1S/C22H23N5/c1-4-7-18(22-24-13-19(26-22)17-9-10-17)12-15(2)25-16(3)20-14-23-21-8-5-6-11-27(20)21/h4-8,11-12,14,17,25H,2-3,9-10,13H2,1H3/b7-4-,18-12+. The maximum Gasteiger partial charge on any atom is 0.154 e. The number of nitrogens with zero attached hydrogens (tertiary/aromatic N) is 4. The molecule has 4 rings (SSSR count). The molecule has 0 spiro atoms. The molecule has 5 nitrogen and oxygen atoms in total. The highest BCUT2D eigenvalue weighted by molar-refractivity contribution is 6.13. The molecule has 0 saturated heterocycles. The molecule has 1 saturated carbocycles. The van der Waals surface area contributed by atoms with Crippen molar-refractivity contribution in [3.8, 4) is 0 Å². The summed E-state index contributed by atoms with van der Waals surface area (Å²) in [6.07, 6.45) is 12.2. The van der Waals surface area contributed by atoms with E-state index < -0.39 is 0 Å². The van der Waals surface area contributed by atoms with Crippen LogP contribution in [-0.4, -0.2) is 27.5 Å². The number of hydrogen-bond acceptors (Lipinski definition) is 4. The molecule has 1 N–H and O–H groups in total. The predicted molar refractivity (Wildman–Crippen MR) is 112 cm³/mol. The van der Waals surface area contributed by atoms with Gasteiger partial charge in [0.1, 0.15) is 5.65 Å². The van der Waals surface area contributed by atoms with Crippen LogP contribution in [0, 0.1) is 5.92 Å². The molecule has 0 amide bonds. The minimum absolute atomic E-state index is 0.648. The first-order valence-electron chi connectivity index (χ1n) is 9.19. The third kappa shape index (κ3) is 3.67. The van der Waals surface area contributed by atoms with E-state index in [1.807, 2.05) is 60.1 Å². The summed E-state index contributed by atoms with van der Waals surface area (Å²) in [4.78, 5) is 13.7. The topological polar surface area (TPSA) is 54.0 Å². The molecule has 3 heterocycles. The van der Waals surface area contributed by atoms with E-state index in [-0.39, 0.29) is 0 Å². The second-order valence-corrected chi connectivity index (χ2v) is 6.82. The number of imidazole rings is 1. The van der Waals surface area contributed by atoms with E-state index in [0.29, 0.717) is 5.92 Å². The third-order valence-corrected chi connectivity index (χ3v) is 4.66. The van der Waals surface area contributed by atoms with E-state index >= 15 is 0 Å². The van der Waals surface area contributed by atoms with Crippen LogP contribution in [0.5, 0.6) is 0 Å². The lowest BCUT2D eigenvalue weighted by molar-refractivity contribution is 1.08. The minimum Gasteiger partial charge on any atom is -0.355 e. The Hall–Kier alpha value is -3.21. The molecule has 136 valence electrons.